The molecule has 0 aliphatic heterocycles. The zero-order valence-corrected chi connectivity index (χ0v) is 25.6. The number of hydrogen-bond donors (Lipinski definition) is 0. The number of hydrogen-bond acceptors (Lipinski definition) is 0. The minimum atomic E-state index is -2.61. The molecule has 0 fully saturated rings. The quantitative estimate of drug-likeness (QED) is 0.0965. The molecule has 0 nitrogen and oxygen atoms in total. The molecule has 0 radical (unpaired) electrons. The first-order chi connectivity index (χ1) is 19.0. The maximum atomic E-state index is 6.21. The van der Waals surface area contributed by atoms with Crippen LogP contribution in [-0.2, 0) is 0 Å². The van der Waals surface area contributed by atoms with Crippen molar-refractivity contribution in [2.24, 2.45) is 0 Å². The first-order valence-corrected chi connectivity index (χ1v) is 18.6. The van der Waals surface area contributed by atoms with Crippen LogP contribution in [0.2, 0.25) is 0 Å². The van der Waals surface area contributed by atoms with Crippen molar-refractivity contribution in [3.63, 3.8) is 0 Å². The van der Waals surface area contributed by atoms with Gasteiger partial charge in [0.25, 0.3) is 0 Å². The fourth-order valence-corrected chi connectivity index (χ4v) is 16.8. The Morgan fingerprint density at radius 2 is 0.846 bits per heavy atom. The van der Waals surface area contributed by atoms with Crippen molar-refractivity contribution in [2.45, 2.75) is 16.6 Å². The summed E-state index contributed by atoms with van der Waals surface area (Å²) >= 11 is 18.6. The molecule has 5 heteroatoms. The molecule has 196 valence electrons. The Balaban J connectivity index is 1.72. The molecule has 1 atom stereocenters. The molecule has 0 saturated heterocycles. The van der Waals surface area contributed by atoms with E-state index in [9.17, 15) is 0 Å². The minimum absolute atomic E-state index is 0.551. The average molecular weight is 606 g/mol. The second-order valence-corrected chi connectivity index (χ2v) is 19.8. The van der Waals surface area contributed by atoms with E-state index in [4.69, 9.17) is 34.8 Å². The van der Waals surface area contributed by atoms with Gasteiger partial charge in [0.15, 0.2) is 0 Å². The van der Waals surface area contributed by atoms with Crippen molar-refractivity contribution in [2.75, 3.05) is 6.16 Å². The Morgan fingerprint density at radius 1 is 0.487 bits per heavy atom. The summed E-state index contributed by atoms with van der Waals surface area (Å²) < 4.78 is -1.23. The van der Waals surface area contributed by atoms with Gasteiger partial charge in [-0.15, -0.1) is 0 Å². The number of benzene rings is 6. The number of rotatable bonds is 7. The van der Waals surface area contributed by atoms with E-state index in [1.807, 2.05) is 0 Å². The van der Waals surface area contributed by atoms with Crippen LogP contribution in [0.4, 0.5) is 0 Å². The molecular formula is C34H29Cl3P2. The molecule has 0 heterocycles. The van der Waals surface area contributed by atoms with Gasteiger partial charge in [-0.3, -0.25) is 0 Å². The molecule has 0 bridgehead atoms. The van der Waals surface area contributed by atoms with Crippen molar-refractivity contribution in [1.82, 2.24) is 0 Å². The van der Waals surface area contributed by atoms with Crippen LogP contribution in [0.25, 0.3) is 32.3 Å². The molecule has 1 unspecified atom stereocenters. The van der Waals surface area contributed by atoms with Gasteiger partial charge in [0, 0.05) is 0 Å². The van der Waals surface area contributed by atoms with E-state index >= 15 is 0 Å². The Bertz CT molecular complexity index is 1570. The summed E-state index contributed by atoms with van der Waals surface area (Å²) in [6, 6.07) is 47.1. The van der Waals surface area contributed by atoms with Gasteiger partial charge in [-0.05, 0) is 0 Å². The molecule has 0 aliphatic rings. The predicted molar refractivity (Wildman–Crippen MR) is 182 cm³/mol. The first-order valence-electron chi connectivity index (χ1n) is 13.2. The monoisotopic (exact) mass is 604 g/mol. The third-order valence-electron chi connectivity index (χ3n) is 7.61. The van der Waals surface area contributed by atoms with Crippen molar-refractivity contribution in [3.8, 4) is 0 Å². The van der Waals surface area contributed by atoms with Crippen LogP contribution >= 0.6 is 50.0 Å². The summed E-state index contributed by atoms with van der Waals surface area (Å²) in [5.74, 6) is 0. The maximum absolute atomic E-state index is 6.21. The molecule has 0 aromatic heterocycles. The van der Waals surface area contributed by atoms with E-state index in [-0.39, 0.29) is 0 Å². The van der Waals surface area contributed by atoms with Crippen LogP contribution in [0.15, 0.2) is 127 Å². The molecule has 6 aromatic rings. The second kappa shape index (κ2) is 11.4. The zero-order valence-electron chi connectivity index (χ0n) is 21.4. The van der Waals surface area contributed by atoms with E-state index in [1.165, 1.54) is 48.2 Å². The SMILES string of the molecule is ClC(Cl)(Cl)CCCP[PH](c1cccc2ccccc12)(c1cccc2ccccc12)c1cccc2ccccc12. The number of alkyl halides is 3. The summed E-state index contributed by atoms with van der Waals surface area (Å²) in [6.07, 6.45) is 2.41. The Morgan fingerprint density at radius 3 is 1.23 bits per heavy atom. The van der Waals surface area contributed by atoms with Gasteiger partial charge in [0.2, 0.25) is 0 Å². The van der Waals surface area contributed by atoms with Crippen LogP contribution in [-0.4, -0.2) is 9.95 Å². The van der Waals surface area contributed by atoms with Crippen LogP contribution < -0.4 is 15.9 Å². The van der Waals surface area contributed by atoms with Crippen molar-refractivity contribution in [3.05, 3.63) is 127 Å². The fourth-order valence-electron chi connectivity index (χ4n) is 5.94. The summed E-state index contributed by atoms with van der Waals surface area (Å²) in [6.45, 7) is -2.61. The Kier molecular flexibility index (Phi) is 7.88. The molecule has 6 rings (SSSR count). The van der Waals surface area contributed by atoms with Gasteiger partial charge in [0.1, 0.15) is 0 Å². The molecule has 6 aromatic carbocycles. The summed E-state index contributed by atoms with van der Waals surface area (Å²) in [5, 5.41) is 12.2. The van der Waals surface area contributed by atoms with Crippen LogP contribution in [0.1, 0.15) is 12.8 Å². The van der Waals surface area contributed by atoms with E-state index in [2.05, 4.69) is 127 Å². The van der Waals surface area contributed by atoms with Gasteiger partial charge in [0.05, 0.1) is 0 Å². The molecule has 39 heavy (non-hydrogen) atoms. The molecule has 0 amide bonds. The molecule has 0 saturated carbocycles. The zero-order chi connectivity index (χ0) is 26.9. The average Bonchev–Trinajstić information content (AvgIpc) is 2.96. The third-order valence-corrected chi connectivity index (χ3v) is 17.8. The van der Waals surface area contributed by atoms with Crippen molar-refractivity contribution < 1.29 is 0 Å². The molecule has 0 aliphatic carbocycles. The van der Waals surface area contributed by atoms with Crippen molar-refractivity contribution >= 4 is 98.3 Å². The van der Waals surface area contributed by atoms with Gasteiger partial charge in [-0.1, -0.05) is 0 Å². The number of fused-ring (bicyclic) bond motifs is 3. The molecule has 0 N–H and O–H groups in total. The van der Waals surface area contributed by atoms with Crippen molar-refractivity contribution in [1.29, 1.82) is 0 Å². The summed E-state index contributed by atoms with van der Waals surface area (Å²) in [4.78, 5) is 0. The van der Waals surface area contributed by atoms with Gasteiger partial charge in [-0.2, -0.15) is 0 Å². The van der Waals surface area contributed by atoms with E-state index < -0.39 is 10.7 Å². The summed E-state index contributed by atoms with van der Waals surface area (Å²) in [7, 11) is 0.665. The third kappa shape index (κ3) is 5.32. The van der Waals surface area contributed by atoms with E-state index in [0.717, 1.165) is 12.6 Å². The van der Waals surface area contributed by atoms with Gasteiger partial charge < -0.3 is 0 Å². The standard InChI is InChI=1S/C34H29Cl3P2/c35-34(36,37)23-10-24-38-39(31-20-7-14-25-11-1-4-17-28(25)31,32-21-8-15-26-12-2-5-18-29(26)32)33-22-9-16-27-13-3-6-19-30(27)33/h1-9,11-22,38-39H,10,23-24H2. The van der Waals surface area contributed by atoms with Gasteiger partial charge >= 0.3 is 248 Å². The first kappa shape index (κ1) is 27.0. The second-order valence-electron chi connectivity index (χ2n) is 9.98. The van der Waals surface area contributed by atoms with Crippen LogP contribution in [0, 0.1) is 0 Å². The number of halogens is 3. The van der Waals surface area contributed by atoms with Crippen LogP contribution in [0.3, 0.4) is 0 Å². The molecular weight excluding hydrogens is 577 g/mol. The summed E-state index contributed by atoms with van der Waals surface area (Å²) in [5.41, 5.74) is 0. The topological polar surface area (TPSA) is 0 Å². The van der Waals surface area contributed by atoms with E-state index in [0.29, 0.717) is 14.7 Å². The van der Waals surface area contributed by atoms with Gasteiger partial charge in [-0.25, -0.2) is 0 Å². The normalized spacial score (nSPS) is 13.1. The van der Waals surface area contributed by atoms with Crippen LogP contribution in [0.5, 0.6) is 0 Å². The predicted octanol–water partition coefficient (Wildman–Crippen LogP) is 9.92. The van der Waals surface area contributed by atoms with E-state index in [1.54, 1.807) is 0 Å². The fraction of sp³-hybridized carbons (Fsp3) is 0.118. The molecule has 0 spiro atoms. The Labute approximate surface area is 247 Å². The Hall–Kier alpha value is -2.17.